The number of nitrogens with zero attached hydrogens (tertiary/aromatic N) is 6. The van der Waals surface area contributed by atoms with Gasteiger partial charge in [0, 0.05) is 23.7 Å². The van der Waals surface area contributed by atoms with E-state index in [1.807, 2.05) is 81.9 Å². The van der Waals surface area contributed by atoms with Crippen LogP contribution in [0.5, 0.6) is 0 Å². The van der Waals surface area contributed by atoms with Crippen molar-refractivity contribution in [2.24, 2.45) is 0 Å². The summed E-state index contributed by atoms with van der Waals surface area (Å²) in [6.45, 7) is 0. The Hall–Kier alpha value is -3.31. The summed E-state index contributed by atoms with van der Waals surface area (Å²) in [5, 5.41) is 3.74. The summed E-state index contributed by atoms with van der Waals surface area (Å²) in [6, 6.07) is 23.5. The molecule has 0 N–H and O–H groups in total. The molecule has 0 fully saturated rings. The van der Waals surface area contributed by atoms with Crippen molar-refractivity contribution in [3.63, 3.8) is 0 Å². The summed E-state index contributed by atoms with van der Waals surface area (Å²) in [5.41, 5.74) is 1.67. The molecule has 0 aliphatic carbocycles. The van der Waals surface area contributed by atoms with Crippen molar-refractivity contribution in [3.05, 3.63) is 97.6 Å². The van der Waals surface area contributed by atoms with Crippen LogP contribution in [0.3, 0.4) is 0 Å². The van der Waals surface area contributed by atoms with Gasteiger partial charge < -0.3 is 9.13 Å². The van der Waals surface area contributed by atoms with Crippen LogP contribution in [0.25, 0.3) is 33.7 Å². The SMILES string of the molecule is [Pd+2].[c-]1cc2cccnc2n1-c1cccc(Sc2cccc(-n3[c-]cc4cccnc43)n2)n1. The van der Waals surface area contributed by atoms with Crippen molar-refractivity contribution < 1.29 is 20.4 Å². The first-order valence-electron chi connectivity index (χ1n) is 9.66. The Morgan fingerprint density at radius 3 is 1.62 bits per heavy atom. The van der Waals surface area contributed by atoms with Gasteiger partial charge in [0.2, 0.25) is 0 Å². The van der Waals surface area contributed by atoms with Gasteiger partial charge >= 0.3 is 20.4 Å². The number of rotatable bonds is 4. The molecule has 6 heterocycles. The smallest absolute Gasteiger partial charge is 0.414 e. The fourth-order valence-corrected chi connectivity index (χ4v) is 4.22. The Kier molecular flexibility index (Phi) is 5.58. The van der Waals surface area contributed by atoms with E-state index in [9.17, 15) is 0 Å². The molecule has 0 unspecified atom stereocenters. The molecule has 6 nitrogen and oxygen atoms in total. The minimum atomic E-state index is 0. The first-order chi connectivity index (χ1) is 15.3. The predicted molar refractivity (Wildman–Crippen MR) is 120 cm³/mol. The molecule has 0 saturated heterocycles. The Labute approximate surface area is 202 Å². The van der Waals surface area contributed by atoms with Gasteiger partial charge in [-0.25, -0.2) is 0 Å². The van der Waals surface area contributed by atoms with E-state index in [1.54, 1.807) is 12.4 Å². The van der Waals surface area contributed by atoms with E-state index >= 15 is 0 Å². The maximum atomic E-state index is 4.79. The molecule has 0 aromatic carbocycles. The van der Waals surface area contributed by atoms with Crippen LogP contribution in [0, 0.1) is 12.4 Å². The third-order valence-corrected chi connectivity index (χ3v) is 5.71. The largest absolute Gasteiger partial charge is 2.00 e. The zero-order chi connectivity index (χ0) is 20.6. The molecule has 0 atom stereocenters. The predicted octanol–water partition coefficient (Wildman–Crippen LogP) is 4.90. The second-order valence-corrected chi connectivity index (χ2v) is 7.86. The summed E-state index contributed by atoms with van der Waals surface area (Å²) < 4.78 is 3.74. The fraction of sp³-hybridized carbons (Fsp3) is 0. The molecule has 0 aliphatic rings. The van der Waals surface area contributed by atoms with Gasteiger partial charge in [0.25, 0.3) is 0 Å². The Morgan fingerprint density at radius 2 is 1.12 bits per heavy atom. The van der Waals surface area contributed by atoms with Crippen LogP contribution >= 0.6 is 11.8 Å². The second kappa shape index (κ2) is 8.67. The third kappa shape index (κ3) is 3.73. The molecule has 0 amide bonds. The molecule has 0 radical (unpaired) electrons. The minimum Gasteiger partial charge on any atom is -0.414 e. The number of hydrogen-bond acceptors (Lipinski definition) is 5. The third-order valence-electron chi connectivity index (χ3n) is 4.84. The molecule has 32 heavy (non-hydrogen) atoms. The topological polar surface area (TPSA) is 61.4 Å². The molecular weight excluding hydrogens is 511 g/mol. The fourth-order valence-electron chi connectivity index (χ4n) is 3.44. The molecule has 156 valence electrons. The van der Waals surface area contributed by atoms with Crippen LogP contribution in [0.15, 0.2) is 95.2 Å². The molecular formula is C24H14N6PdS. The van der Waals surface area contributed by atoms with Gasteiger partial charge in [-0.15, -0.1) is 24.3 Å². The van der Waals surface area contributed by atoms with Gasteiger partial charge in [-0.05, 0) is 12.1 Å². The van der Waals surface area contributed by atoms with Crippen molar-refractivity contribution in [3.8, 4) is 11.6 Å². The van der Waals surface area contributed by atoms with Crippen LogP contribution in [0.4, 0.5) is 0 Å². The van der Waals surface area contributed by atoms with Crippen LogP contribution in [0.1, 0.15) is 0 Å². The van der Waals surface area contributed by atoms with Crippen molar-refractivity contribution in [1.82, 2.24) is 29.1 Å². The first kappa shape index (κ1) is 20.6. The Balaban J connectivity index is 0.00000216. The van der Waals surface area contributed by atoms with Crippen molar-refractivity contribution in [2.45, 2.75) is 10.1 Å². The average Bonchev–Trinajstić information content (AvgIpc) is 3.44. The minimum absolute atomic E-state index is 0. The van der Waals surface area contributed by atoms with Crippen LogP contribution < -0.4 is 0 Å². The molecule has 6 rings (SSSR count). The van der Waals surface area contributed by atoms with Crippen molar-refractivity contribution in [2.75, 3.05) is 0 Å². The van der Waals surface area contributed by atoms with E-state index in [2.05, 4.69) is 22.4 Å². The molecule has 0 bridgehead atoms. The van der Waals surface area contributed by atoms with Gasteiger partial charge in [-0.2, -0.15) is 0 Å². The molecule has 6 aromatic heterocycles. The van der Waals surface area contributed by atoms with E-state index in [0.29, 0.717) is 0 Å². The Morgan fingerprint density at radius 1 is 0.625 bits per heavy atom. The quantitative estimate of drug-likeness (QED) is 0.242. The number of hydrogen-bond donors (Lipinski definition) is 0. The Bertz CT molecular complexity index is 1420. The molecule has 0 aliphatic heterocycles. The van der Waals surface area contributed by atoms with E-state index in [1.165, 1.54) is 11.8 Å². The number of pyridine rings is 4. The van der Waals surface area contributed by atoms with E-state index in [4.69, 9.17) is 9.97 Å². The summed E-state index contributed by atoms with van der Waals surface area (Å²) in [6.07, 6.45) is 9.99. The standard InChI is InChI=1S/C24H14N6S.Pd/c1-7-19(29-15-11-17-5-3-13-25-23(17)29)27-21(9-1)31-22-10-2-8-20(28-22)30-16-12-18-6-4-14-26-24(18)30;/h1-14H;/q-2;+2. The van der Waals surface area contributed by atoms with Gasteiger partial charge in [0.1, 0.15) is 0 Å². The maximum Gasteiger partial charge on any atom is 2.00 e. The second-order valence-electron chi connectivity index (χ2n) is 6.82. The zero-order valence-corrected chi connectivity index (χ0v) is 18.9. The first-order valence-corrected chi connectivity index (χ1v) is 10.5. The summed E-state index contributed by atoms with van der Waals surface area (Å²) in [7, 11) is 0. The summed E-state index contributed by atoms with van der Waals surface area (Å²) in [5.74, 6) is 1.53. The van der Waals surface area contributed by atoms with Crippen molar-refractivity contribution >= 4 is 33.8 Å². The van der Waals surface area contributed by atoms with Crippen molar-refractivity contribution in [1.29, 1.82) is 0 Å². The van der Waals surface area contributed by atoms with Crippen LogP contribution in [0.2, 0.25) is 0 Å². The van der Waals surface area contributed by atoms with E-state index in [0.717, 1.165) is 43.8 Å². The van der Waals surface area contributed by atoms with E-state index in [-0.39, 0.29) is 20.4 Å². The monoisotopic (exact) mass is 524 g/mol. The summed E-state index contributed by atoms with van der Waals surface area (Å²) in [4.78, 5) is 18.5. The summed E-state index contributed by atoms with van der Waals surface area (Å²) >= 11 is 1.50. The molecule has 0 spiro atoms. The van der Waals surface area contributed by atoms with Gasteiger partial charge in [-0.1, -0.05) is 71.3 Å². The molecule has 8 heteroatoms. The number of fused-ring (bicyclic) bond motifs is 2. The van der Waals surface area contributed by atoms with Gasteiger partial charge in [-0.3, -0.25) is 19.9 Å². The van der Waals surface area contributed by atoms with Crippen LogP contribution in [-0.2, 0) is 20.4 Å². The molecule has 6 aromatic rings. The van der Waals surface area contributed by atoms with E-state index < -0.39 is 0 Å². The van der Waals surface area contributed by atoms with Crippen LogP contribution in [-0.4, -0.2) is 29.1 Å². The average molecular weight is 525 g/mol. The van der Waals surface area contributed by atoms with Gasteiger partial charge in [0.05, 0.1) is 21.7 Å². The number of aromatic nitrogens is 6. The van der Waals surface area contributed by atoms with Gasteiger partial charge in [0.15, 0.2) is 0 Å². The zero-order valence-electron chi connectivity index (χ0n) is 16.5. The normalized spacial score (nSPS) is 11.0. The molecule has 0 saturated carbocycles. The maximum absolute atomic E-state index is 4.79.